The van der Waals surface area contributed by atoms with E-state index in [9.17, 15) is 24.6 Å². The van der Waals surface area contributed by atoms with Gasteiger partial charge < -0.3 is 34.5 Å². The lowest BCUT2D eigenvalue weighted by Gasteiger charge is -2.18. The van der Waals surface area contributed by atoms with Gasteiger partial charge in [0.1, 0.15) is 11.8 Å². The third kappa shape index (κ3) is 5.26. The maximum Gasteiger partial charge on any atom is 0.249 e. The number of hydrogen-bond donors (Lipinski definition) is 4. The van der Waals surface area contributed by atoms with E-state index >= 15 is 0 Å². The smallest absolute Gasteiger partial charge is 0.249 e. The Balaban J connectivity index is 1.53. The minimum absolute atomic E-state index is 0.0433. The predicted octanol–water partition coefficient (Wildman–Crippen LogP) is 1.54. The molecule has 2 atom stereocenters. The molecule has 0 spiro atoms. The molecule has 4 N–H and O–H groups in total. The molecule has 2 aromatic heterocycles. The summed E-state index contributed by atoms with van der Waals surface area (Å²) < 4.78 is 16.0. The molecule has 0 bridgehead atoms. The average Bonchev–Trinajstić information content (AvgIpc) is 3.48. The highest BCUT2D eigenvalue weighted by molar-refractivity contribution is 5.78. The first-order chi connectivity index (χ1) is 16.7. The van der Waals surface area contributed by atoms with Crippen molar-refractivity contribution in [3.8, 4) is 17.2 Å². The van der Waals surface area contributed by atoms with Crippen molar-refractivity contribution in [1.82, 2.24) is 20.8 Å². The van der Waals surface area contributed by atoms with E-state index in [0.29, 0.717) is 18.4 Å². The number of nitrogens with zero attached hydrogens (tertiary/aromatic N) is 2. The Bertz CT molecular complexity index is 1320. The Morgan fingerprint density at radius 2 is 2.11 bits per heavy atom. The largest absolute Gasteiger partial charge is 0.504 e. The molecule has 0 unspecified atom stereocenters. The van der Waals surface area contributed by atoms with E-state index < -0.39 is 23.0 Å². The van der Waals surface area contributed by atoms with Gasteiger partial charge in [0, 0.05) is 18.9 Å². The molecule has 12 heteroatoms. The van der Waals surface area contributed by atoms with Crippen LogP contribution in [-0.2, 0) is 16.1 Å². The first kappa shape index (κ1) is 23.8. The van der Waals surface area contributed by atoms with Gasteiger partial charge in [-0.15, -0.1) is 0 Å². The van der Waals surface area contributed by atoms with Gasteiger partial charge >= 0.3 is 0 Å². The van der Waals surface area contributed by atoms with Crippen LogP contribution in [-0.4, -0.2) is 39.3 Å². The number of aryl methyl sites for hydroxylation is 1. The number of carbonyl (C=O) groups excluding carboxylic acids is 2. The van der Waals surface area contributed by atoms with Crippen LogP contribution in [0.4, 0.5) is 0 Å². The van der Waals surface area contributed by atoms with Crippen LogP contribution in [0.25, 0.3) is 0 Å². The van der Waals surface area contributed by atoms with Gasteiger partial charge in [0.05, 0.1) is 19.6 Å². The van der Waals surface area contributed by atoms with E-state index in [1.165, 1.54) is 19.2 Å². The van der Waals surface area contributed by atoms with Gasteiger partial charge in [0.25, 0.3) is 0 Å². The van der Waals surface area contributed by atoms with Crippen molar-refractivity contribution in [1.29, 1.82) is 0 Å². The van der Waals surface area contributed by atoms with Gasteiger partial charge in [0.2, 0.25) is 28.9 Å². The van der Waals surface area contributed by atoms with Gasteiger partial charge in [-0.3, -0.25) is 14.4 Å². The number of phenols is 1. The second-order valence-corrected chi connectivity index (χ2v) is 8.11. The number of ether oxygens (including phenoxy) is 1. The summed E-state index contributed by atoms with van der Waals surface area (Å²) in [7, 11) is 1.38. The van der Waals surface area contributed by atoms with E-state index in [-0.39, 0.29) is 59.6 Å². The Labute approximate surface area is 198 Å². The number of phenolic OH excluding ortho intramolecular Hbond substituents is 1. The Morgan fingerprint density at radius 1 is 1.31 bits per heavy atom. The van der Waals surface area contributed by atoms with Gasteiger partial charge in [0.15, 0.2) is 23.1 Å². The number of hydrogen-bond acceptors (Lipinski definition) is 10. The minimum atomic E-state index is -0.869. The zero-order valence-electron chi connectivity index (χ0n) is 19.0. The zero-order valence-corrected chi connectivity index (χ0v) is 19.0. The molecule has 4 rings (SSSR count). The quantitative estimate of drug-likeness (QED) is 0.367. The summed E-state index contributed by atoms with van der Waals surface area (Å²) in [6, 6.07) is 5.22. The Hall–Kier alpha value is -4.35. The number of amides is 2. The van der Waals surface area contributed by atoms with Crippen LogP contribution >= 0.6 is 0 Å². The monoisotopic (exact) mass is 484 g/mol. The molecule has 1 fully saturated rings. The summed E-state index contributed by atoms with van der Waals surface area (Å²) in [5.41, 5.74) is -0.170. The fourth-order valence-electron chi connectivity index (χ4n) is 3.85. The predicted molar refractivity (Wildman–Crippen MR) is 119 cm³/mol. The zero-order chi connectivity index (χ0) is 25.1. The number of rotatable bonds is 8. The van der Waals surface area contributed by atoms with Gasteiger partial charge in [-0.25, -0.2) is 0 Å². The molecular formula is C23H24N4O8. The molecule has 2 amide bonds. The maximum atomic E-state index is 12.8. The highest BCUT2D eigenvalue weighted by atomic mass is 16.5. The number of benzene rings is 1. The molecule has 1 aromatic carbocycles. The lowest BCUT2D eigenvalue weighted by atomic mass is 9.91. The molecule has 1 saturated heterocycles. The third-order valence-electron chi connectivity index (χ3n) is 5.61. The van der Waals surface area contributed by atoms with Crippen LogP contribution in [0.5, 0.6) is 17.2 Å². The number of aromatic hydroxyl groups is 2. The van der Waals surface area contributed by atoms with Crippen LogP contribution in [0.1, 0.15) is 60.0 Å². The summed E-state index contributed by atoms with van der Waals surface area (Å²) in [6.45, 7) is 1.51. The first-order valence-corrected chi connectivity index (χ1v) is 10.8. The number of carbonyl (C=O) groups is 2. The fraction of sp³-hybridized carbons (Fsp3) is 0.348. The molecule has 3 aromatic rings. The molecule has 184 valence electrons. The average molecular weight is 484 g/mol. The molecule has 3 heterocycles. The molecule has 0 aliphatic carbocycles. The Kier molecular flexibility index (Phi) is 6.71. The summed E-state index contributed by atoms with van der Waals surface area (Å²) in [6.07, 6.45) is 0.720. The van der Waals surface area contributed by atoms with Gasteiger partial charge in [-0.05, 0) is 31.0 Å². The van der Waals surface area contributed by atoms with Crippen molar-refractivity contribution < 1.29 is 33.5 Å². The van der Waals surface area contributed by atoms with Crippen molar-refractivity contribution in [3.05, 3.63) is 63.3 Å². The van der Waals surface area contributed by atoms with Crippen molar-refractivity contribution in [2.45, 2.75) is 44.7 Å². The minimum Gasteiger partial charge on any atom is -0.504 e. The SMILES string of the molecule is COc1cc([C@H](CC(=O)NCc2noc([C@@H]3CCC(=O)N3)n2)c2oc(C)cc(=O)c2O)ccc1O. The molecule has 0 saturated carbocycles. The van der Waals surface area contributed by atoms with Crippen LogP contribution in [0, 0.1) is 6.92 Å². The van der Waals surface area contributed by atoms with Crippen molar-refractivity contribution >= 4 is 11.8 Å². The standard InChI is InChI=1S/C23H24N4O8/c1-11-7-16(29)21(32)22(34-11)13(12-3-5-15(28)17(8-12)33-2)9-20(31)24-10-18-26-23(35-27-18)14-4-6-19(30)25-14/h3,5,7-8,13-14,28,32H,4,6,9-10H2,1-2H3,(H,24,31)(H,25,30)/t13-,14-/m0/s1. The third-order valence-corrected chi connectivity index (χ3v) is 5.61. The van der Waals surface area contributed by atoms with E-state index in [1.807, 2.05) is 0 Å². The first-order valence-electron chi connectivity index (χ1n) is 10.8. The molecule has 35 heavy (non-hydrogen) atoms. The second-order valence-electron chi connectivity index (χ2n) is 8.11. The van der Waals surface area contributed by atoms with Crippen LogP contribution < -0.4 is 20.8 Å². The maximum absolute atomic E-state index is 12.8. The summed E-state index contributed by atoms with van der Waals surface area (Å²) in [5, 5.41) is 29.6. The fourth-order valence-corrected chi connectivity index (χ4v) is 3.85. The number of methoxy groups -OCH3 is 1. The van der Waals surface area contributed by atoms with E-state index in [1.54, 1.807) is 13.0 Å². The van der Waals surface area contributed by atoms with E-state index in [0.717, 1.165) is 6.07 Å². The number of aromatic nitrogens is 2. The van der Waals surface area contributed by atoms with Crippen LogP contribution in [0.15, 0.2) is 38.0 Å². The van der Waals surface area contributed by atoms with Crippen molar-refractivity contribution in [2.24, 2.45) is 0 Å². The summed E-state index contributed by atoms with van der Waals surface area (Å²) in [4.78, 5) is 40.6. The lowest BCUT2D eigenvalue weighted by molar-refractivity contribution is -0.121. The lowest BCUT2D eigenvalue weighted by Crippen LogP contribution is -2.26. The molecule has 12 nitrogen and oxygen atoms in total. The second kappa shape index (κ2) is 9.87. The normalized spacial score (nSPS) is 16.1. The van der Waals surface area contributed by atoms with E-state index in [4.69, 9.17) is 13.7 Å². The van der Waals surface area contributed by atoms with Crippen molar-refractivity contribution in [3.63, 3.8) is 0 Å². The Morgan fingerprint density at radius 3 is 2.83 bits per heavy atom. The van der Waals surface area contributed by atoms with Gasteiger partial charge in [-0.1, -0.05) is 11.2 Å². The summed E-state index contributed by atoms with van der Waals surface area (Å²) >= 11 is 0. The van der Waals surface area contributed by atoms with Crippen LogP contribution in [0.2, 0.25) is 0 Å². The van der Waals surface area contributed by atoms with Gasteiger partial charge in [-0.2, -0.15) is 4.98 Å². The molecule has 1 aliphatic rings. The highest BCUT2D eigenvalue weighted by Crippen LogP contribution is 2.37. The molecule has 0 radical (unpaired) electrons. The highest BCUT2D eigenvalue weighted by Gasteiger charge is 2.28. The number of nitrogens with one attached hydrogen (secondary N) is 2. The molecular weight excluding hydrogens is 460 g/mol. The molecule has 1 aliphatic heterocycles. The van der Waals surface area contributed by atoms with E-state index in [2.05, 4.69) is 20.8 Å². The van der Waals surface area contributed by atoms with Crippen LogP contribution in [0.3, 0.4) is 0 Å². The topological polar surface area (TPSA) is 177 Å². The van der Waals surface area contributed by atoms with Crippen molar-refractivity contribution in [2.75, 3.05) is 7.11 Å². The summed E-state index contributed by atoms with van der Waals surface area (Å²) in [5.74, 6) is -1.32.